The van der Waals surface area contributed by atoms with E-state index in [1.54, 1.807) is 36.4 Å². The lowest BCUT2D eigenvalue weighted by atomic mass is 10.1. The van der Waals surface area contributed by atoms with E-state index < -0.39 is 5.97 Å². The average Bonchev–Trinajstić information content (AvgIpc) is 2.56. The lowest BCUT2D eigenvalue weighted by Gasteiger charge is -2.10. The number of carboxylic acids is 1. The second kappa shape index (κ2) is 7.35. The summed E-state index contributed by atoms with van der Waals surface area (Å²) < 4.78 is 10.5. The van der Waals surface area contributed by atoms with Crippen LogP contribution in [0.25, 0.3) is 12.2 Å². The third-order valence-electron chi connectivity index (χ3n) is 3.21. The first-order chi connectivity index (χ1) is 11.0. The zero-order valence-corrected chi connectivity index (χ0v) is 12.9. The largest absolute Gasteiger partial charge is 0.502 e. The van der Waals surface area contributed by atoms with E-state index in [2.05, 4.69) is 0 Å². The van der Waals surface area contributed by atoms with Crippen molar-refractivity contribution in [3.63, 3.8) is 0 Å². The molecule has 5 heteroatoms. The molecule has 2 aromatic carbocycles. The van der Waals surface area contributed by atoms with Gasteiger partial charge in [0.05, 0.1) is 19.3 Å². The Kier molecular flexibility index (Phi) is 5.25. The number of hydrogen-bond acceptors (Lipinski definition) is 4. The monoisotopic (exact) mass is 314 g/mol. The molecule has 0 aliphatic heterocycles. The zero-order valence-electron chi connectivity index (χ0n) is 12.9. The van der Waals surface area contributed by atoms with Crippen LogP contribution >= 0.6 is 0 Å². The van der Waals surface area contributed by atoms with E-state index in [-0.39, 0.29) is 11.3 Å². The van der Waals surface area contributed by atoms with Gasteiger partial charge in [0.25, 0.3) is 0 Å². The molecule has 0 unspecified atom stereocenters. The number of aromatic hydroxyl groups is 1. The first-order valence-electron chi connectivity index (χ1n) is 7.10. The van der Waals surface area contributed by atoms with Crippen molar-refractivity contribution < 1.29 is 24.5 Å². The molecule has 0 saturated heterocycles. The highest BCUT2D eigenvalue weighted by Gasteiger charge is 2.10. The average molecular weight is 314 g/mol. The van der Waals surface area contributed by atoms with E-state index in [1.807, 2.05) is 19.1 Å². The first-order valence-corrected chi connectivity index (χ1v) is 7.10. The van der Waals surface area contributed by atoms with Crippen molar-refractivity contribution in [2.75, 3.05) is 13.7 Å². The maximum Gasteiger partial charge on any atom is 0.335 e. The van der Waals surface area contributed by atoms with Crippen molar-refractivity contribution in [1.82, 2.24) is 0 Å². The molecule has 0 fully saturated rings. The minimum Gasteiger partial charge on any atom is -0.502 e. The molecule has 2 N–H and O–H groups in total. The molecule has 2 rings (SSSR count). The maximum atomic E-state index is 10.8. The third-order valence-corrected chi connectivity index (χ3v) is 3.21. The van der Waals surface area contributed by atoms with E-state index in [9.17, 15) is 9.90 Å². The number of phenolic OH excluding ortho intramolecular Hbond substituents is 1. The molecule has 0 radical (unpaired) electrons. The number of carboxylic acid groups (broad SMARTS) is 1. The van der Waals surface area contributed by atoms with Gasteiger partial charge in [-0.15, -0.1) is 0 Å². The number of methoxy groups -OCH3 is 1. The van der Waals surface area contributed by atoms with Gasteiger partial charge in [0.15, 0.2) is 11.5 Å². The number of aromatic carboxylic acids is 1. The third kappa shape index (κ3) is 4.03. The summed E-state index contributed by atoms with van der Waals surface area (Å²) in [5.74, 6) is -0.299. The first kappa shape index (κ1) is 16.4. The number of phenols is 1. The number of ether oxygens (including phenoxy) is 2. The van der Waals surface area contributed by atoms with Crippen molar-refractivity contribution in [2.24, 2.45) is 0 Å². The number of carbonyl (C=O) groups is 1. The van der Waals surface area contributed by atoms with Crippen LogP contribution in [-0.2, 0) is 0 Å². The lowest BCUT2D eigenvalue weighted by Crippen LogP contribution is -1.95. The normalized spacial score (nSPS) is 10.7. The van der Waals surface area contributed by atoms with Crippen molar-refractivity contribution in [1.29, 1.82) is 0 Å². The Hall–Kier alpha value is -2.95. The number of benzene rings is 2. The topological polar surface area (TPSA) is 76.0 Å². The quantitative estimate of drug-likeness (QED) is 0.796. The summed E-state index contributed by atoms with van der Waals surface area (Å²) in [6.07, 6.45) is 3.67. The summed E-state index contributed by atoms with van der Waals surface area (Å²) in [5, 5.41) is 18.9. The van der Waals surface area contributed by atoms with Crippen LogP contribution in [0.5, 0.6) is 17.2 Å². The van der Waals surface area contributed by atoms with E-state index in [4.69, 9.17) is 14.6 Å². The van der Waals surface area contributed by atoms with Gasteiger partial charge in [-0.2, -0.15) is 0 Å². The van der Waals surface area contributed by atoms with Crippen molar-refractivity contribution in [3.05, 3.63) is 53.1 Å². The van der Waals surface area contributed by atoms with E-state index in [0.717, 1.165) is 11.1 Å². The van der Waals surface area contributed by atoms with Crippen LogP contribution < -0.4 is 9.47 Å². The highest BCUT2D eigenvalue weighted by Crippen LogP contribution is 2.37. The predicted molar refractivity (Wildman–Crippen MR) is 88.2 cm³/mol. The Labute approximate surface area is 134 Å². The summed E-state index contributed by atoms with van der Waals surface area (Å²) in [7, 11) is 1.48. The van der Waals surface area contributed by atoms with Gasteiger partial charge in [0.1, 0.15) is 0 Å². The maximum absolute atomic E-state index is 10.8. The molecule has 0 saturated carbocycles. The van der Waals surface area contributed by atoms with Gasteiger partial charge in [-0.3, -0.25) is 0 Å². The fourth-order valence-electron chi connectivity index (χ4n) is 2.05. The fraction of sp³-hybridized carbons (Fsp3) is 0.167. The van der Waals surface area contributed by atoms with Gasteiger partial charge in [-0.1, -0.05) is 24.3 Å². The fourth-order valence-corrected chi connectivity index (χ4v) is 2.05. The zero-order chi connectivity index (χ0) is 16.8. The van der Waals surface area contributed by atoms with Gasteiger partial charge < -0.3 is 19.7 Å². The Bertz CT molecular complexity index is 717. The highest BCUT2D eigenvalue weighted by atomic mass is 16.5. The Morgan fingerprint density at radius 3 is 2.26 bits per heavy atom. The summed E-state index contributed by atoms with van der Waals surface area (Å²) in [6, 6.07) is 9.95. The van der Waals surface area contributed by atoms with E-state index in [1.165, 1.54) is 7.11 Å². The molecule has 0 aromatic heterocycles. The number of rotatable bonds is 6. The molecule has 0 bridgehead atoms. The minimum atomic E-state index is -0.954. The van der Waals surface area contributed by atoms with Crippen LogP contribution in [0.2, 0.25) is 0 Å². The Morgan fingerprint density at radius 1 is 1.09 bits per heavy atom. The minimum absolute atomic E-state index is 0.0303. The summed E-state index contributed by atoms with van der Waals surface area (Å²) >= 11 is 0. The molecular formula is C18H18O5. The molecule has 0 aliphatic rings. The smallest absolute Gasteiger partial charge is 0.335 e. The van der Waals surface area contributed by atoms with Gasteiger partial charge in [-0.05, 0) is 42.3 Å². The van der Waals surface area contributed by atoms with Gasteiger partial charge in [-0.25, -0.2) is 4.79 Å². The highest BCUT2D eigenvalue weighted by molar-refractivity contribution is 5.88. The molecule has 0 spiro atoms. The molecule has 120 valence electrons. The van der Waals surface area contributed by atoms with E-state index >= 15 is 0 Å². The molecular weight excluding hydrogens is 296 g/mol. The van der Waals surface area contributed by atoms with Crippen molar-refractivity contribution in [3.8, 4) is 17.2 Å². The summed E-state index contributed by atoms with van der Waals surface area (Å²) in [6.45, 7) is 2.26. The van der Waals surface area contributed by atoms with Crippen molar-refractivity contribution in [2.45, 2.75) is 6.92 Å². The Morgan fingerprint density at radius 2 is 1.70 bits per heavy atom. The van der Waals surface area contributed by atoms with Crippen LogP contribution in [0.3, 0.4) is 0 Å². The second-order valence-electron chi connectivity index (χ2n) is 4.76. The van der Waals surface area contributed by atoms with Gasteiger partial charge >= 0.3 is 5.97 Å². The number of hydrogen-bond donors (Lipinski definition) is 2. The van der Waals surface area contributed by atoms with Crippen LogP contribution in [0.15, 0.2) is 36.4 Å². The molecule has 0 aliphatic carbocycles. The second-order valence-corrected chi connectivity index (χ2v) is 4.76. The van der Waals surface area contributed by atoms with Gasteiger partial charge in [0.2, 0.25) is 5.75 Å². The molecule has 23 heavy (non-hydrogen) atoms. The SMILES string of the molecule is CCOc1cc(/C=C/c2ccc(C(=O)O)cc2)cc(OC)c1O. The predicted octanol–water partition coefficient (Wildman–Crippen LogP) is 3.67. The molecule has 0 atom stereocenters. The molecule has 2 aromatic rings. The molecule has 0 heterocycles. The van der Waals surface area contributed by atoms with Crippen LogP contribution in [0, 0.1) is 0 Å². The lowest BCUT2D eigenvalue weighted by molar-refractivity contribution is 0.0697. The van der Waals surface area contributed by atoms with Crippen molar-refractivity contribution >= 4 is 18.1 Å². The Balaban J connectivity index is 2.27. The summed E-state index contributed by atoms with van der Waals surface area (Å²) in [5.41, 5.74) is 1.90. The van der Waals surface area contributed by atoms with Crippen LogP contribution in [-0.4, -0.2) is 29.9 Å². The van der Waals surface area contributed by atoms with Crippen LogP contribution in [0.1, 0.15) is 28.4 Å². The molecule has 0 amide bonds. The summed E-state index contributed by atoms with van der Waals surface area (Å²) in [4.78, 5) is 10.8. The van der Waals surface area contributed by atoms with Crippen LogP contribution in [0.4, 0.5) is 0 Å². The van der Waals surface area contributed by atoms with E-state index in [0.29, 0.717) is 18.1 Å². The molecule has 5 nitrogen and oxygen atoms in total. The standard InChI is InChI=1S/C18H18O5/c1-3-23-16-11-13(10-15(22-2)17(16)19)5-4-12-6-8-14(9-7-12)18(20)21/h4-11,19H,3H2,1-2H3,(H,20,21)/b5-4+. The van der Waals surface area contributed by atoms with Gasteiger partial charge in [0, 0.05) is 0 Å².